The molecular weight excluding hydrogens is 398 g/mol. The van der Waals surface area contributed by atoms with Crippen molar-refractivity contribution in [2.45, 2.75) is 38.1 Å². The molecule has 1 fully saturated rings. The number of aryl methyl sites for hydroxylation is 1. The number of nitrogens with zero attached hydrogens (tertiary/aromatic N) is 1. The van der Waals surface area contributed by atoms with Gasteiger partial charge in [-0.05, 0) is 72.7 Å². The van der Waals surface area contributed by atoms with Crippen LogP contribution in [0.5, 0.6) is 11.5 Å². The van der Waals surface area contributed by atoms with E-state index >= 15 is 0 Å². The van der Waals surface area contributed by atoms with Gasteiger partial charge in [0.15, 0.2) is 0 Å². The summed E-state index contributed by atoms with van der Waals surface area (Å²) in [6.07, 6.45) is 4.93. The number of hydrogen-bond donors (Lipinski definition) is 0. The molecule has 0 aromatic heterocycles. The average molecular weight is 430 g/mol. The number of rotatable bonds is 9. The van der Waals surface area contributed by atoms with Gasteiger partial charge in [0.2, 0.25) is 5.91 Å². The minimum Gasteiger partial charge on any atom is -0.497 e. The molecule has 0 N–H and O–H groups in total. The number of amides is 1. The summed E-state index contributed by atoms with van der Waals surface area (Å²) in [6, 6.07) is 26.6. The third-order valence-electron chi connectivity index (χ3n) is 6.37. The van der Waals surface area contributed by atoms with Crippen molar-refractivity contribution in [1.82, 2.24) is 0 Å². The molecule has 3 aromatic carbocycles. The summed E-state index contributed by atoms with van der Waals surface area (Å²) in [7, 11) is 3.33. The van der Waals surface area contributed by atoms with Crippen molar-refractivity contribution < 1.29 is 14.3 Å². The number of anilines is 1. The van der Waals surface area contributed by atoms with E-state index in [1.54, 1.807) is 14.2 Å². The van der Waals surface area contributed by atoms with Gasteiger partial charge in [-0.1, -0.05) is 48.9 Å². The van der Waals surface area contributed by atoms with Crippen molar-refractivity contribution in [1.29, 1.82) is 0 Å². The van der Waals surface area contributed by atoms with Crippen LogP contribution in [0.4, 0.5) is 5.69 Å². The Balaban J connectivity index is 1.53. The molecule has 1 heterocycles. The van der Waals surface area contributed by atoms with Crippen molar-refractivity contribution >= 4 is 11.6 Å². The average Bonchev–Trinajstić information content (AvgIpc) is 3.18. The Bertz CT molecular complexity index is 999. The van der Waals surface area contributed by atoms with E-state index in [0.717, 1.165) is 48.4 Å². The molecule has 4 heteroatoms. The fourth-order valence-electron chi connectivity index (χ4n) is 4.71. The Labute approximate surface area is 190 Å². The zero-order valence-corrected chi connectivity index (χ0v) is 18.9. The van der Waals surface area contributed by atoms with Gasteiger partial charge < -0.3 is 14.4 Å². The quantitative estimate of drug-likeness (QED) is 0.380. The van der Waals surface area contributed by atoms with Gasteiger partial charge in [-0.15, -0.1) is 0 Å². The molecular formula is C28H31NO3. The minimum atomic E-state index is 0.0264. The molecule has 4 nitrogen and oxygen atoms in total. The van der Waals surface area contributed by atoms with Gasteiger partial charge in [-0.2, -0.15) is 0 Å². The first-order valence-corrected chi connectivity index (χ1v) is 11.3. The molecule has 4 rings (SSSR count). The summed E-state index contributed by atoms with van der Waals surface area (Å²) in [5.74, 6) is 2.09. The Morgan fingerprint density at radius 3 is 2.06 bits per heavy atom. The highest BCUT2D eigenvalue weighted by molar-refractivity contribution is 5.97. The highest BCUT2D eigenvalue weighted by Gasteiger charge is 2.41. The van der Waals surface area contributed by atoms with Crippen LogP contribution in [0.25, 0.3) is 0 Å². The molecule has 1 saturated heterocycles. The Hall–Kier alpha value is -3.27. The molecule has 166 valence electrons. The highest BCUT2D eigenvalue weighted by atomic mass is 16.5. The molecule has 2 atom stereocenters. The molecule has 0 unspecified atom stereocenters. The van der Waals surface area contributed by atoms with Crippen LogP contribution in [0.1, 0.15) is 42.9 Å². The van der Waals surface area contributed by atoms with Crippen molar-refractivity contribution in [2.75, 3.05) is 19.1 Å². The summed E-state index contributed by atoms with van der Waals surface area (Å²) < 4.78 is 10.6. The number of hydrogen-bond acceptors (Lipinski definition) is 3. The second-order valence-corrected chi connectivity index (χ2v) is 8.38. The van der Waals surface area contributed by atoms with Gasteiger partial charge in [0.05, 0.1) is 20.3 Å². The molecule has 1 aliphatic rings. The summed E-state index contributed by atoms with van der Waals surface area (Å²) in [4.78, 5) is 15.1. The van der Waals surface area contributed by atoms with Crippen LogP contribution < -0.4 is 14.4 Å². The first kappa shape index (κ1) is 21.9. The Kier molecular flexibility index (Phi) is 7.10. The Morgan fingerprint density at radius 1 is 0.812 bits per heavy atom. The monoisotopic (exact) mass is 429 g/mol. The lowest BCUT2D eigenvalue weighted by atomic mass is 9.88. The molecule has 0 spiro atoms. The maximum atomic E-state index is 13.2. The minimum absolute atomic E-state index is 0.0264. The summed E-state index contributed by atoms with van der Waals surface area (Å²) in [6.45, 7) is 0. The van der Waals surface area contributed by atoms with E-state index in [4.69, 9.17) is 9.47 Å². The number of ether oxygens (including phenoxy) is 2. The molecule has 0 radical (unpaired) electrons. The molecule has 0 aliphatic carbocycles. The number of benzene rings is 3. The highest BCUT2D eigenvalue weighted by Crippen LogP contribution is 2.44. The number of methoxy groups -OCH3 is 2. The fraction of sp³-hybridized carbons (Fsp3) is 0.321. The van der Waals surface area contributed by atoms with Crippen LogP contribution in [-0.2, 0) is 11.2 Å². The van der Waals surface area contributed by atoms with E-state index in [1.807, 2.05) is 41.3 Å². The van der Waals surface area contributed by atoms with Crippen LogP contribution >= 0.6 is 0 Å². The number of carbonyl (C=O) groups excluding carboxylic acids is 1. The molecule has 1 amide bonds. The zero-order valence-electron chi connectivity index (χ0n) is 18.9. The summed E-state index contributed by atoms with van der Waals surface area (Å²) in [5, 5.41) is 0. The lowest BCUT2D eigenvalue weighted by molar-refractivity contribution is -0.117. The van der Waals surface area contributed by atoms with Crippen LogP contribution in [0.3, 0.4) is 0 Å². The Morgan fingerprint density at radius 2 is 1.44 bits per heavy atom. The lowest BCUT2D eigenvalue weighted by Gasteiger charge is -2.29. The van der Waals surface area contributed by atoms with E-state index < -0.39 is 0 Å². The topological polar surface area (TPSA) is 38.8 Å². The van der Waals surface area contributed by atoms with E-state index in [-0.39, 0.29) is 17.9 Å². The number of unbranched alkanes of at least 4 members (excludes halogenated alkanes) is 1. The predicted octanol–water partition coefficient (Wildman–Crippen LogP) is 6.21. The summed E-state index contributed by atoms with van der Waals surface area (Å²) >= 11 is 0. The van der Waals surface area contributed by atoms with Crippen molar-refractivity contribution in [3.05, 3.63) is 90.0 Å². The summed E-state index contributed by atoms with van der Waals surface area (Å²) in [5.41, 5.74) is 3.45. The maximum absolute atomic E-state index is 13.2. The molecule has 32 heavy (non-hydrogen) atoms. The molecule has 1 aliphatic heterocycles. The third kappa shape index (κ3) is 4.96. The van der Waals surface area contributed by atoms with E-state index in [9.17, 15) is 4.79 Å². The van der Waals surface area contributed by atoms with Gasteiger partial charge in [0.25, 0.3) is 0 Å². The molecule has 3 aromatic rings. The van der Waals surface area contributed by atoms with Crippen LogP contribution in [0.2, 0.25) is 0 Å². The van der Waals surface area contributed by atoms with Gasteiger partial charge in [-0.25, -0.2) is 0 Å². The predicted molar refractivity (Wildman–Crippen MR) is 128 cm³/mol. The van der Waals surface area contributed by atoms with Crippen LogP contribution in [-0.4, -0.2) is 20.1 Å². The smallest absolute Gasteiger partial charge is 0.227 e. The zero-order chi connectivity index (χ0) is 22.3. The normalized spacial score (nSPS) is 18.1. The van der Waals surface area contributed by atoms with Gasteiger partial charge >= 0.3 is 0 Å². The van der Waals surface area contributed by atoms with Crippen LogP contribution in [0.15, 0.2) is 78.9 Å². The third-order valence-corrected chi connectivity index (χ3v) is 6.37. The van der Waals surface area contributed by atoms with Gasteiger partial charge in [-0.3, -0.25) is 4.79 Å². The first-order valence-electron chi connectivity index (χ1n) is 11.3. The number of carbonyl (C=O) groups is 1. The van der Waals surface area contributed by atoms with Crippen molar-refractivity contribution in [3.63, 3.8) is 0 Å². The SMILES string of the molecule is COc1ccc([C@@H]2[C@H](CCCCc3ccccc3)CC(=O)N2c2ccc(OC)cc2)cc1. The lowest BCUT2D eigenvalue weighted by Crippen LogP contribution is -2.28. The second-order valence-electron chi connectivity index (χ2n) is 8.38. The van der Waals surface area contributed by atoms with E-state index in [2.05, 4.69) is 42.5 Å². The second kappa shape index (κ2) is 10.4. The first-order chi connectivity index (χ1) is 15.7. The molecule has 0 saturated carbocycles. The van der Waals surface area contributed by atoms with Gasteiger partial charge in [0, 0.05) is 12.1 Å². The van der Waals surface area contributed by atoms with Crippen molar-refractivity contribution in [3.8, 4) is 11.5 Å². The standard InChI is InChI=1S/C28H31NO3/c1-31-25-16-12-22(13-17-25)28-23(11-7-6-10-21-8-4-3-5-9-21)20-27(30)29(28)24-14-18-26(32-2)19-15-24/h3-5,8-9,12-19,23,28H,6-7,10-11,20H2,1-2H3/t23-,28-/m1/s1. The fourth-order valence-corrected chi connectivity index (χ4v) is 4.71. The van der Waals surface area contributed by atoms with Gasteiger partial charge in [0.1, 0.15) is 11.5 Å². The maximum Gasteiger partial charge on any atom is 0.227 e. The largest absolute Gasteiger partial charge is 0.497 e. The van der Waals surface area contributed by atoms with E-state index in [0.29, 0.717) is 6.42 Å². The van der Waals surface area contributed by atoms with Crippen LogP contribution in [0, 0.1) is 5.92 Å². The van der Waals surface area contributed by atoms with E-state index in [1.165, 1.54) is 5.56 Å². The molecule has 0 bridgehead atoms. The van der Waals surface area contributed by atoms with Crippen molar-refractivity contribution in [2.24, 2.45) is 5.92 Å².